The summed E-state index contributed by atoms with van der Waals surface area (Å²) in [6.45, 7) is 1.92. The zero-order valence-corrected chi connectivity index (χ0v) is 14.3. The summed E-state index contributed by atoms with van der Waals surface area (Å²) in [4.78, 5) is 21.7. The van der Waals surface area contributed by atoms with E-state index in [-0.39, 0.29) is 11.6 Å². The molecule has 0 saturated heterocycles. The molecular weight excluding hydrogens is 322 g/mol. The molecule has 124 valence electrons. The van der Waals surface area contributed by atoms with E-state index >= 15 is 0 Å². The third kappa shape index (κ3) is 2.91. The fourth-order valence-electron chi connectivity index (χ4n) is 3.35. The maximum atomic E-state index is 12.0. The number of thiophene rings is 1. The first-order chi connectivity index (χ1) is 11.7. The van der Waals surface area contributed by atoms with Gasteiger partial charge in [0, 0.05) is 12.1 Å². The first kappa shape index (κ1) is 15.3. The molecule has 0 radical (unpaired) electrons. The Hall–Kier alpha value is -2.28. The molecule has 0 amide bonds. The first-order valence-corrected chi connectivity index (χ1v) is 9.10. The van der Waals surface area contributed by atoms with E-state index < -0.39 is 0 Å². The Morgan fingerprint density at radius 3 is 2.83 bits per heavy atom. The maximum Gasteiger partial charge on any atom is 0.267 e. The lowest BCUT2D eigenvalue weighted by molar-refractivity contribution is 0.302. The average molecular weight is 341 g/mol. The summed E-state index contributed by atoms with van der Waals surface area (Å²) in [5.74, 6) is 0.913. The van der Waals surface area contributed by atoms with Gasteiger partial charge in [-0.1, -0.05) is 0 Å². The highest BCUT2D eigenvalue weighted by Crippen LogP contribution is 2.30. The standard InChI is InChI=1S/C17H19N5OS/c1-11-2-7-15(23)22(21-11)13-5-3-12(4-6-13)20-16-14-8-9-24-17(14)19-10-18-16/h2,7-10,12-13H,3-6H2,1H3,(H,18,19,20). The molecule has 1 aliphatic carbocycles. The van der Waals surface area contributed by atoms with Gasteiger partial charge in [0.15, 0.2) is 0 Å². The Kier molecular flexibility index (Phi) is 4.02. The highest BCUT2D eigenvalue weighted by molar-refractivity contribution is 7.16. The number of nitrogens with zero attached hydrogens (tertiary/aromatic N) is 4. The van der Waals surface area contributed by atoms with Crippen LogP contribution in [0.3, 0.4) is 0 Å². The Bertz CT molecular complexity index is 910. The molecule has 0 unspecified atom stereocenters. The summed E-state index contributed by atoms with van der Waals surface area (Å²) in [7, 11) is 0. The molecule has 0 atom stereocenters. The van der Waals surface area contributed by atoms with E-state index in [9.17, 15) is 4.79 Å². The van der Waals surface area contributed by atoms with E-state index in [1.54, 1.807) is 34.5 Å². The maximum absolute atomic E-state index is 12.0. The smallest absolute Gasteiger partial charge is 0.267 e. The third-order valence-electron chi connectivity index (χ3n) is 4.60. The van der Waals surface area contributed by atoms with Crippen LogP contribution < -0.4 is 10.9 Å². The Morgan fingerprint density at radius 2 is 2.00 bits per heavy atom. The van der Waals surface area contributed by atoms with Crippen LogP contribution in [0.5, 0.6) is 0 Å². The van der Waals surface area contributed by atoms with Gasteiger partial charge in [-0.15, -0.1) is 11.3 Å². The van der Waals surface area contributed by atoms with Gasteiger partial charge in [0.05, 0.1) is 17.1 Å². The molecular formula is C17H19N5OS. The molecule has 3 heterocycles. The van der Waals surface area contributed by atoms with Crippen LogP contribution in [-0.2, 0) is 0 Å². The van der Waals surface area contributed by atoms with Crippen molar-refractivity contribution in [1.29, 1.82) is 0 Å². The molecule has 3 aromatic rings. The SMILES string of the molecule is Cc1ccc(=O)n(C2CCC(Nc3ncnc4sccc34)CC2)n1. The van der Waals surface area contributed by atoms with Crippen LogP contribution in [-0.4, -0.2) is 25.8 Å². The minimum absolute atomic E-state index is 0.00667. The number of fused-ring (bicyclic) bond motifs is 1. The molecule has 0 aliphatic heterocycles. The number of anilines is 1. The lowest BCUT2D eigenvalue weighted by Crippen LogP contribution is -2.33. The van der Waals surface area contributed by atoms with Crippen LogP contribution in [0.2, 0.25) is 0 Å². The topological polar surface area (TPSA) is 72.7 Å². The zero-order chi connectivity index (χ0) is 16.5. The Balaban J connectivity index is 1.46. The number of nitrogens with one attached hydrogen (secondary N) is 1. The summed E-state index contributed by atoms with van der Waals surface area (Å²) in [5, 5.41) is 11.1. The molecule has 6 nitrogen and oxygen atoms in total. The Morgan fingerprint density at radius 1 is 1.17 bits per heavy atom. The third-order valence-corrected chi connectivity index (χ3v) is 5.42. The predicted octanol–water partition coefficient (Wildman–Crippen LogP) is 3.15. The Labute approximate surface area is 143 Å². The van der Waals surface area contributed by atoms with Gasteiger partial charge < -0.3 is 5.32 Å². The number of hydrogen-bond donors (Lipinski definition) is 1. The summed E-state index contributed by atoms with van der Waals surface area (Å²) in [6.07, 6.45) is 5.52. The van der Waals surface area contributed by atoms with Crippen molar-refractivity contribution in [3.8, 4) is 0 Å². The second-order valence-corrected chi connectivity index (χ2v) is 7.16. The van der Waals surface area contributed by atoms with Crippen molar-refractivity contribution in [3.05, 3.63) is 46.0 Å². The summed E-state index contributed by atoms with van der Waals surface area (Å²) < 4.78 is 1.66. The predicted molar refractivity (Wildman–Crippen MR) is 95.6 cm³/mol. The van der Waals surface area contributed by atoms with E-state index in [0.29, 0.717) is 6.04 Å². The van der Waals surface area contributed by atoms with E-state index in [2.05, 4.69) is 26.4 Å². The van der Waals surface area contributed by atoms with Gasteiger partial charge >= 0.3 is 0 Å². The number of hydrogen-bond acceptors (Lipinski definition) is 6. The normalized spacial score (nSPS) is 21.0. The van der Waals surface area contributed by atoms with E-state index in [1.807, 2.05) is 12.3 Å². The fourth-order valence-corrected chi connectivity index (χ4v) is 4.08. The van der Waals surface area contributed by atoms with E-state index in [1.165, 1.54) is 0 Å². The molecule has 3 aromatic heterocycles. The van der Waals surface area contributed by atoms with Crippen LogP contribution in [0, 0.1) is 6.92 Å². The summed E-state index contributed by atoms with van der Waals surface area (Å²) in [6, 6.07) is 6.01. The van der Waals surface area contributed by atoms with Crippen molar-refractivity contribution in [2.75, 3.05) is 5.32 Å². The van der Waals surface area contributed by atoms with Gasteiger partial charge in [0.25, 0.3) is 5.56 Å². The van der Waals surface area contributed by atoms with Gasteiger partial charge in [-0.3, -0.25) is 4.79 Å². The number of aryl methyl sites for hydroxylation is 1. The van der Waals surface area contributed by atoms with Crippen molar-refractivity contribution < 1.29 is 0 Å². The van der Waals surface area contributed by atoms with Crippen LogP contribution in [0.4, 0.5) is 5.82 Å². The van der Waals surface area contributed by atoms with Gasteiger partial charge in [0.1, 0.15) is 17.0 Å². The van der Waals surface area contributed by atoms with Gasteiger partial charge in [-0.25, -0.2) is 14.6 Å². The second kappa shape index (κ2) is 6.32. The largest absolute Gasteiger partial charge is 0.367 e. The quantitative estimate of drug-likeness (QED) is 0.792. The van der Waals surface area contributed by atoms with Gasteiger partial charge in [-0.05, 0) is 50.1 Å². The van der Waals surface area contributed by atoms with Crippen LogP contribution in [0.15, 0.2) is 34.7 Å². The zero-order valence-electron chi connectivity index (χ0n) is 13.5. The van der Waals surface area contributed by atoms with Crippen LogP contribution in [0.1, 0.15) is 37.4 Å². The first-order valence-electron chi connectivity index (χ1n) is 8.22. The lowest BCUT2D eigenvalue weighted by atomic mass is 9.91. The van der Waals surface area contributed by atoms with Crippen molar-refractivity contribution in [3.63, 3.8) is 0 Å². The van der Waals surface area contributed by atoms with Gasteiger partial charge in [-0.2, -0.15) is 5.10 Å². The van der Waals surface area contributed by atoms with Crippen molar-refractivity contribution in [1.82, 2.24) is 19.7 Å². The van der Waals surface area contributed by atoms with Crippen molar-refractivity contribution in [2.45, 2.75) is 44.7 Å². The van der Waals surface area contributed by atoms with E-state index in [4.69, 9.17) is 0 Å². The van der Waals surface area contributed by atoms with E-state index in [0.717, 1.165) is 47.4 Å². The molecule has 1 aliphatic rings. The molecule has 24 heavy (non-hydrogen) atoms. The summed E-state index contributed by atoms with van der Waals surface area (Å²) >= 11 is 1.63. The number of aromatic nitrogens is 4. The highest BCUT2D eigenvalue weighted by Gasteiger charge is 2.24. The molecule has 0 bridgehead atoms. The lowest BCUT2D eigenvalue weighted by Gasteiger charge is -2.30. The number of rotatable bonds is 3. The molecule has 1 fully saturated rings. The minimum Gasteiger partial charge on any atom is -0.367 e. The van der Waals surface area contributed by atoms with Crippen molar-refractivity contribution >= 4 is 27.4 Å². The molecule has 1 N–H and O–H groups in total. The monoisotopic (exact) mass is 341 g/mol. The molecule has 1 saturated carbocycles. The van der Waals surface area contributed by atoms with Crippen LogP contribution in [0.25, 0.3) is 10.2 Å². The molecule has 4 rings (SSSR count). The highest BCUT2D eigenvalue weighted by atomic mass is 32.1. The van der Waals surface area contributed by atoms with Gasteiger partial charge in [0.2, 0.25) is 0 Å². The van der Waals surface area contributed by atoms with Crippen LogP contribution >= 0.6 is 11.3 Å². The summed E-state index contributed by atoms with van der Waals surface area (Å²) in [5.41, 5.74) is 0.878. The molecule has 7 heteroatoms. The fraction of sp³-hybridized carbons (Fsp3) is 0.412. The molecule has 0 spiro atoms. The minimum atomic E-state index is -0.00667. The molecule has 0 aromatic carbocycles. The average Bonchev–Trinajstić information content (AvgIpc) is 3.08. The van der Waals surface area contributed by atoms with Crippen molar-refractivity contribution in [2.24, 2.45) is 0 Å². The second-order valence-electron chi connectivity index (χ2n) is 6.27.